The highest BCUT2D eigenvalue weighted by atomic mass is 32.3. The van der Waals surface area contributed by atoms with E-state index in [4.69, 9.17) is 0 Å². The molecule has 0 fully saturated rings. The Morgan fingerprint density at radius 2 is 1.35 bits per heavy atom. The van der Waals surface area contributed by atoms with Crippen LogP contribution in [0.15, 0.2) is 79.3 Å². The first-order chi connectivity index (χ1) is 22.9. The second-order valence-electron chi connectivity index (χ2n) is 9.34. The molecular formula is C32H48S16. The minimum Gasteiger partial charge on any atom is -0.166 e. The molecule has 16 heteroatoms. The third kappa shape index (κ3) is 18.9. The molecule has 0 unspecified atom stereocenters. The van der Waals surface area contributed by atoms with Crippen LogP contribution in [0.25, 0.3) is 0 Å². The van der Waals surface area contributed by atoms with Crippen LogP contribution in [0.5, 0.6) is 0 Å². The van der Waals surface area contributed by atoms with E-state index in [2.05, 4.69) is 110 Å². The Bertz CT molecular complexity index is 1200. The number of thiol groups is 2. The molecule has 4 aliphatic heterocycles. The molecule has 0 radical (unpaired) electrons. The molecule has 0 atom stereocenters. The van der Waals surface area contributed by atoms with Gasteiger partial charge in [0.15, 0.2) is 0 Å². The highest BCUT2D eigenvalue weighted by molar-refractivity contribution is 8.41. The van der Waals surface area contributed by atoms with Crippen molar-refractivity contribution < 1.29 is 0 Å². The monoisotopic (exact) mass is 944 g/mol. The van der Waals surface area contributed by atoms with Gasteiger partial charge in [0.2, 0.25) is 0 Å². The fraction of sp³-hybridized carbons (Fsp3) is 0.500. The van der Waals surface area contributed by atoms with Crippen LogP contribution < -0.4 is 0 Å². The van der Waals surface area contributed by atoms with Crippen LogP contribution in [0.2, 0.25) is 0 Å². The minimum atomic E-state index is 0.142. The zero-order valence-electron chi connectivity index (χ0n) is 29.0. The first kappa shape index (κ1) is 49.5. The van der Waals surface area contributed by atoms with Crippen molar-refractivity contribution in [1.82, 2.24) is 0 Å². The smallest absolute Gasteiger partial charge is 0.0665 e. The van der Waals surface area contributed by atoms with Crippen LogP contribution in [0, 0.1) is 0 Å². The lowest BCUT2D eigenvalue weighted by atomic mass is 10.2. The van der Waals surface area contributed by atoms with Gasteiger partial charge in [0.1, 0.15) is 0 Å². The van der Waals surface area contributed by atoms with Crippen LogP contribution in [-0.2, 0) is 0 Å². The summed E-state index contributed by atoms with van der Waals surface area (Å²) in [6, 6.07) is 0. The summed E-state index contributed by atoms with van der Waals surface area (Å²) < 4.78 is 12.1. The summed E-state index contributed by atoms with van der Waals surface area (Å²) in [5.41, 5.74) is 0. The molecule has 0 aliphatic carbocycles. The molecule has 0 saturated carbocycles. The fourth-order valence-electron chi connectivity index (χ4n) is 3.16. The van der Waals surface area contributed by atoms with Crippen LogP contribution in [0.3, 0.4) is 0 Å². The van der Waals surface area contributed by atoms with Gasteiger partial charge in [0.05, 0.1) is 21.2 Å². The lowest BCUT2D eigenvalue weighted by molar-refractivity contribution is 0.888. The number of allylic oxidation sites excluding steroid dienone is 4. The van der Waals surface area contributed by atoms with E-state index in [-0.39, 0.29) is 4.75 Å². The van der Waals surface area contributed by atoms with Crippen molar-refractivity contribution >= 4 is 190 Å². The van der Waals surface area contributed by atoms with Crippen LogP contribution in [0.1, 0.15) is 53.9 Å². The Balaban J connectivity index is 0.000000351. The third-order valence-electron chi connectivity index (χ3n) is 5.53. The Morgan fingerprint density at radius 3 is 1.77 bits per heavy atom. The summed E-state index contributed by atoms with van der Waals surface area (Å²) in [5, 5.41) is 2.13. The van der Waals surface area contributed by atoms with Gasteiger partial charge < -0.3 is 0 Å². The highest BCUT2D eigenvalue weighted by Crippen LogP contribution is 2.58. The van der Waals surface area contributed by atoms with Crippen LogP contribution in [-0.4, -0.2) is 45.7 Å². The van der Waals surface area contributed by atoms with Gasteiger partial charge >= 0.3 is 0 Å². The molecule has 0 bridgehead atoms. The average molecular weight is 946 g/mol. The summed E-state index contributed by atoms with van der Waals surface area (Å²) in [6.07, 6.45) is 18.3. The summed E-state index contributed by atoms with van der Waals surface area (Å²) in [7, 11) is 0. The van der Waals surface area contributed by atoms with Gasteiger partial charge in [0, 0.05) is 41.7 Å². The van der Waals surface area contributed by atoms with E-state index in [1.54, 1.807) is 28.4 Å². The molecule has 4 heterocycles. The molecule has 0 spiro atoms. The number of hydrogen-bond acceptors (Lipinski definition) is 16. The van der Waals surface area contributed by atoms with Crippen molar-refractivity contribution in [3.63, 3.8) is 0 Å². The zero-order chi connectivity index (χ0) is 36.1. The Morgan fingerprint density at radius 1 is 0.771 bits per heavy atom. The molecule has 0 N–H and O–H groups in total. The lowest BCUT2D eigenvalue weighted by Gasteiger charge is -2.25. The predicted molar refractivity (Wildman–Crippen MR) is 271 cm³/mol. The Labute approximate surface area is 364 Å². The maximum Gasteiger partial charge on any atom is 0.0665 e. The van der Waals surface area contributed by atoms with Gasteiger partial charge in [-0.2, -0.15) is 11.8 Å². The molecule has 272 valence electrons. The molecule has 48 heavy (non-hydrogen) atoms. The molecule has 0 aromatic rings. The number of thioether (sulfide) groups is 14. The van der Waals surface area contributed by atoms with E-state index in [0.29, 0.717) is 0 Å². The second-order valence-corrected chi connectivity index (χ2v) is 28.0. The van der Waals surface area contributed by atoms with E-state index < -0.39 is 0 Å². The second kappa shape index (κ2) is 28.9. The number of hydrogen-bond donors (Lipinski definition) is 2. The predicted octanol–water partition coefficient (Wildman–Crippen LogP) is 17.5. The van der Waals surface area contributed by atoms with Crippen molar-refractivity contribution in [3.05, 3.63) is 79.3 Å². The molecular weight excluding hydrogens is 897 g/mol. The summed E-state index contributed by atoms with van der Waals surface area (Å²) in [4.78, 5) is 2.97. The minimum absolute atomic E-state index is 0.142. The molecule has 0 nitrogen and oxygen atoms in total. The molecule has 0 saturated heterocycles. The van der Waals surface area contributed by atoms with Gasteiger partial charge in [-0.15, -0.1) is 114 Å². The van der Waals surface area contributed by atoms with Gasteiger partial charge in [-0.3, -0.25) is 0 Å². The standard InChI is InChI=1S/C11H14S8.C9H12S4.C9H14S3.C3H8S/c1-6-18-9(13)10(19-6)16-5-17-11(2,3)7-8(12)15-4-14-7;1-4-5-6-7-12-8(10-2)9(11-3)13-7;1-4-6-8-11-7(5-2)9(10-3)12-8;1-3-4-2/h12-13H,1,4-5H2,2-3H3;4,6H,1,5H2,2-3H3;6H,4-5H2,1-3H3;3H2,1-2H3/b;;8-6+;. The Kier molecular flexibility index (Phi) is 29.8. The maximum atomic E-state index is 4.58. The molecule has 0 aromatic heterocycles. The quantitative estimate of drug-likeness (QED) is 0.102. The summed E-state index contributed by atoms with van der Waals surface area (Å²) >= 11 is 35.1. The van der Waals surface area contributed by atoms with E-state index in [0.717, 1.165) is 31.5 Å². The largest absolute Gasteiger partial charge is 0.166 e. The van der Waals surface area contributed by atoms with E-state index >= 15 is 0 Å². The van der Waals surface area contributed by atoms with E-state index in [9.17, 15) is 0 Å². The first-order valence-corrected chi connectivity index (χ1v) is 29.5. The van der Waals surface area contributed by atoms with Crippen molar-refractivity contribution in [2.45, 2.75) is 58.6 Å². The molecule has 4 aliphatic rings. The molecule has 0 amide bonds. The third-order valence-corrected chi connectivity index (χ3v) is 24.5. The normalized spacial score (nSPS) is 18.7. The Hall–Kier alpha value is 3.52. The van der Waals surface area contributed by atoms with Crippen LogP contribution >= 0.6 is 190 Å². The average Bonchev–Trinajstić information content (AvgIpc) is 3.86. The van der Waals surface area contributed by atoms with Crippen LogP contribution in [0.4, 0.5) is 0 Å². The van der Waals surface area contributed by atoms with Crippen molar-refractivity contribution in [1.29, 1.82) is 0 Å². The van der Waals surface area contributed by atoms with Crippen molar-refractivity contribution in [3.8, 4) is 0 Å². The van der Waals surface area contributed by atoms with Crippen molar-refractivity contribution in [2.24, 2.45) is 0 Å². The highest BCUT2D eigenvalue weighted by Gasteiger charge is 2.30. The van der Waals surface area contributed by atoms with E-state index in [1.165, 1.54) is 46.7 Å². The van der Waals surface area contributed by atoms with E-state index in [1.807, 2.05) is 147 Å². The van der Waals surface area contributed by atoms with Gasteiger partial charge in [-0.25, -0.2) is 0 Å². The van der Waals surface area contributed by atoms with Crippen molar-refractivity contribution in [2.75, 3.05) is 40.9 Å². The fourth-order valence-corrected chi connectivity index (χ4v) is 21.8. The van der Waals surface area contributed by atoms with Gasteiger partial charge in [-0.05, 0) is 63.9 Å². The molecule has 4 rings (SSSR count). The first-order valence-electron chi connectivity index (χ1n) is 14.7. The van der Waals surface area contributed by atoms with Gasteiger partial charge in [-0.1, -0.05) is 116 Å². The lowest BCUT2D eigenvalue weighted by Crippen LogP contribution is -2.16. The molecule has 0 aromatic carbocycles. The maximum absolute atomic E-state index is 4.58. The summed E-state index contributed by atoms with van der Waals surface area (Å²) in [6.45, 7) is 18.8. The topological polar surface area (TPSA) is 0 Å². The van der Waals surface area contributed by atoms with Gasteiger partial charge in [0.25, 0.3) is 0 Å². The number of rotatable bonds is 13. The summed E-state index contributed by atoms with van der Waals surface area (Å²) in [5.74, 6) is 1.24. The zero-order valence-corrected chi connectivity index (χ0v) is 42.2. The SMILES string of the molecule is C=C1SC(S)=C(SCSC(C)(C)C2=C(S)SCS2)S1.C=CCC=C1SC(SC)=C(SC)S1.CC/C=C1\SC(CC)=C(SC)S1.CCSC.